The highest BCUT2D eigenvalue weighted by atomic mass is 79.9. The van der Waals surface area contributed by atoms with E-state index >= 15 is 0 Å². The van der Waals surface area contributed by atoms with Crippen LogP contribution < -0.4 is 9.84 Å². The predicted octanol–water partition coefficient (Wildman–Crippen LogP) is 6.08. The minimum Gasteiger partial charge on any atom is -0.871 e. The zero-order chi connectivity index (χ0) is 20.7. The first-order valence-corrected chi connectivity index (χ1v) is 11.4. The van der Waals surface area contributed by atoms with Gasteiger partial charge in [0.1, 0.15) is 16.0 Å². The second-order valence-corrected chi connectivity index (χ2v) is 9.79. The number of hydrogen-bond acceptors (Lipinski definition) is 5. The topological polar surface area (TPSA) is 78.8 Å². The van der Waals surface area contributed by atoms with Gasteiger partial charge in [0, 0.05) is 15.6 Å². The van der Waals surface area contributed by atoms with Gasteiger partial charge in [0.2, 0.25) is 0 Å². The molecule has 5 rings (SSSR count). The Labute approximate surface area is 198 Å². The number of phenolic OH excluding ortho intramolecular Hbond substituents is 1. The third-order valence-corrected chi connectivity index (χ3v) is 7.66. The Morgan fingerprint density at radius 1 is 0.897 bits per heavy atom. The van der Waals surface area contributed by atoms with Crippen LogP contribution in [-0.2, 0) is 10.3 Å². The molecule has 0 saturated heterocycles. The van der Waals surface area contributed by atoms with Crippen LogP contribution in [0.1, 0.15) is 27.0 Å². The van der Waals surface area contributed by atoms with Gasteiger partial charge in [-0.05, 0) is 66.0 Å². The molecule has 9 heteroatoms. The molecule has 0 aromatic heterocycles. The van der Waals surface area contributed by atoms with E-state index in [1.54, 1.807) is 30.3 Å². The quantitative estimate of drug-likeness (QED) is 0.300. The summed E-state index contributed by atoms with van der Waals surface area (Å²) in [4.78, 5) is 12.8. The average molecular weight is 647 g/mol. The number of aromatic hydroxyl groups is 1. The van der Waals surface area contributed by atoms with Crippen molar-refractivity contribution < 1.29 is 24.5 Å². The molecule has 2 aliphatic rings. The lowest BCUT2D eigenvalue weighted by molar-refractivity contribution is -0.270. The fourth-order valence-electron chi connectivity index (χ4n) is 3.76. The van der Waals surface area contributed by atoms with E-state index in [0.717, 1.165) is 0 Å². The Morgan fingerprint density at radius 3 is 2.24 bits per heavy atom. The number of fused-ring (bicyclic) bond motifs is 6. The summed E-state index contributed by atoms with van der Waals surface area (Å²) in [6.45, 7) is 0. The van der Waals surface area contributed by atoms with E-state index in [1.165, 1.54) is 0 Å². The lowest BCUT2D eigenvalue weighted by Gasteiger charge is -2.38. The summed E-state index contributed by atoms with van der Waals surface area (Å²) in [5.41, 5.74) is 0.694. The second kappa shape index (κ2) is 6.47. The maximum absolute atomic E-state index is 12.8. The van der Waals surface area contributed by atoms with Crippen molar-refractivity contribution in [2.24, 2.45) is 0 Å². The largest absolute Gasteiger partial charge is 0.871 e. The highest BCUT2D eigenvalue weighted by Gasteiger charge is 2.54. The molecule has 0 aliphatic carbocycles. The second-order valence-electron chi connectivity index (χ2n) is 6.49. The Bertz CT molecular complexity index is 1190. The highest BCUT2D eigenvalue weighted by Crippen LogP contribution is 2.62. The van der Waals surface area contributed by atoms with Gasteiger partial charge in [-0.2, -0.15) is 0 Å². The molecule has 3 aromatic rings. The molecule has 1 spiro atoms. The summed E-state index contributed by atoms with van der Waals surface area (Å²) in [6, 6.07) is 10.3. The van der Waals surface area contributed by atoms with Gasteiger partial charge < -0.3 is 19.7 Å². The van der Waals surface area contributed by atoms with Gasteiger partial charge in [-0.25, -0.2) is 4.79 Å². The van der Waals surface area contributed by atoms with Crippen molar-refractivity contribution in [1.29, 1.82) is 0 Å². The Morgan fingerprint density at radius 2 is 1.52 bits per heavy atom. The fourth-order valence-corrected chi connectivity index (χ4v) is 6.16. The fraction of sp³-hybridized carbons (Fsp3) is 0.0500. The molecule has 29 heavy (non-hydrogen) atoms. The normalized spacial score (nSPS) is 18.7. The maximum atomic E-state index is 12.8. The lowest BCUT2D eigenvalue weighted by atomic mass is 9.77. The minimum atomic E-state index is -1.35. The Kier molecular flexibility index (Phi) is 4.33. The molecule has 0 fully saturated rings. The van der Waals surface area contributed by atoms with Gasteiger partial charge in [-0.15, -0.1) is 0 Å². The summed E-state index contributed by atoms with van der Waals surface area (Å²) in [5.74, 6) is -0.395. The monoisotopic (exact) mass is 643 g/mol. The van der Waals surface area contributed by atoms with Gasteiger partial charge in [-0.3, -0.25) is 0 Å². The minimum absolute atomic E-state index is 0.0736. The Balaban J connectivity index is 1.99. The van der Waals surface area contributed by atoms with Crippen LogP contribution in [0.2, 0.25) is 0 Å². The molecule has 0 amide bonds. The molecule has 2 aliphatic heterocycles. The molecule has 146 valence electrons. The van der Waals surface area contributed by atoms with Crippen molar-refractivity contribution in [3.8, 4) is 23.0 Å². The van der Waals surface area contributed by atoms with Crippen molar-refractivity contribution in [3.63, 3.8) is 0 Å². The summed E-state index contributed by atoms with van der Waals surface area (Å²) < 4.78 is 13.2. The van der Waals surface area contributed by atoms with Crippen molar-refractivity contribution in [2.45, 2.75) is 5.60 Å². The summed E-state index contributed by atoms with van der Waals surface area (Å²) in [5, 5.41) is 22.9. The lowest BCUT2D eigenvalue weighted by Crippen LogP contribution is -2.33. The number of hydrogen-bond donors (Lipinski definition) is 1. The summed E-state index contributed by atoms with van der Waals surface area (Å²) in [7, 11) is 0. The van der Waals surface area contributed by atoms with Crippen LogP contribution in [0.3, 0.4) is 0 Å². The zero-order valence-electron chi connectivity index (χ0n) is 14.1. The van der Waals surface area contributed by atoms with Gasteiger partial charge in [-0.1, -0.05) is 39.9 Å². The summed E-state index contributed by atoms with van der Waals surface area (Å²) >= 11 is 13.3. The van der Waals surface area contributed by atoms with Crippen LogP contribution in [0.15, 0.2) is 54.3 Å². The molecule has 5 nitrogen and oxygen atoms in total. The number of phenols is 1. The molecular formula is C20H7Br4O5-. The highest BCUT2D eigenvalue weighted by molar-refractivity contribution is 9.11. The van der Waals surface area contributed by atoms with E-state index in [1.807, 2.05) is 6.07 Å². The maximum Gasteiger partial charge on any atom is 0.340 e. The average Bonchev–Trinajstić information content (AvgIpc) is 3.00. The summed E-state index contributed by atoms with van der Waals surface area (Å²) in [6.07, 6.45) is 0. The number of benzene rings is 3. The molecule has 2 heterocycles. The van der Waals surface area contributed by atoms with Gasteiger partial charge in [0.15, 0.2) is 11.4 Å². The van der Waals surface area contributed by atoms with E-state index in [0.29, 0.717) is 31.2 Å². The van der Waals surface area contributed by atoms with Gasteiger partial charge in [0.05, 0.1) is 20.1 Å². The number of ether oxygens (including phenoxy) is 2. The van der Waals surface area contributed by atoms with E-state index in [4.69, 9.17) is 9.47 Å². The van der Waals surface area contributed by atoms with E-state index in [-0.39, 0.29) is 31.9 Å². The van der Waals surface area contributed by atoms with E-state index in [2.05, 4.69) is 63.7 Å². The smallest absolute Gasteiger partial charge is 0.340 e. The first-order valence-electron chi connectivity index (χ1n) is 8.19. The molecule has 0 bridgehead atoms. The van der Waals surface area contributed by atoms with Crippen molar-refractivity contribution in [2.75, 3.05) is 0 Å². The zero-order valence-corrected chi connectivity index (χ0v) is 20.4. The standard InChI is InChI=1S/C20H8Br4O5/c21-11-5-9-17(13(23)15(11)25)28-18-10(6-12(22)16(26)14(18)24)20(9)8-4-2-1-3-7(8)19(27)29-20/h1-6,25-26H/p-1. The molecule has 3 aromatic carbocycles. The molecular weight excluding hydrogens is 640 g/mol. The van der Waals surface area contributed by atoms with Crippen LogP contribution in [-0.4, -0.2) is 11.1 Å². The number of esters is 1. The molecule has 0 unspecified atom stereocenters. The van der Waals surface area contributed by atoms with E-state index < -0.39 is 11.6 Å². The third-order valence-electron chi connectivity index (χ3n) is 5.02. The van der Waals surface area contributed by atoms with E-state index in [9.17, 15) is 15.0 Å². The number of carbonyl (C=O) groups is 1. The van der Waals surface area contributed by atoms with Crippen molar-refractivity contribution >= 4 is 69.7 Å². The first kappa shape index (κ1) is 19.4. The first-order chi connectivity index (χ1) is 13.8. The molecule has 1 atom stereocenters. The van der Waals surface area contributed by atoms with Crippen LogP contribution in [0.25, 0.3) is 0 Å². The Hall–Kier alpha value is -1.55. The predicted molar refractivity (Wildman–Crippen MR) is 117 cm³/mol. The van der Waals surface area contributed by atoms with Gasteiger partial charge in [0.25, 0.3) is 0 Å². The number of rotatable bonds is 0. The third kappa shape index (κ3) is 2.44. The molecule has 0 saturated carbocycles. The van der Waals surface area contributed by atoms with Crippen LogP contribution in [0.5, 0.6) is 23.0 Å². The van der Waals surface area contributed by atoms with Crippen molar-refractivity contribution in [1.82, 2.24) is 0 Å². The van der Waals surface area contributed by atoms with Crippen LogP contribution >= 0.6 is 63.7 Å². The van der Waals surface area contributed by atoms with Crippen molar-refractivity contribution in [3.05, 3.63) is 76.5 Å². The number of carbonyl (C=O) groups excluding carboxylic acids is 1. The number of halogens is 4. The molecule has 0 radical (unpaired) electrons. The molecule has 1 N–H and O–H groups in total. The van der Waals surface area contributed by atoms with Crippen LogP contribution in [0, 0.1) is 0 Å². The SMILES string of the molecule is O=C1O[C@@]2(c3ccccc31)c1cc(Br)c([O-])c(Br)c1Oc1c2cc(Br)c(O)c1Br. The van der Waals surface area contributed by atoms with Gasteiger partial charge >= 0.3 is 5.97 Å². The van der Waals surface area contributed by atoms with Crippen LogP contribution in [0.4, 0.5) is 0 Å².